The fourth-order valence-corrected chi connectivity index (χ4v) is 3.14. The Bertz CT molecular complexity index is 456. The Morgan fingerprint density at radius 2 is 1.95 bits per heavy atom. The second-order valence-electron chi connectivity index (χ2n) is 5.49. The molecule has 124 valence electrons. The zero-order valence-corrected chi connectivity index (χ0v) is 14.8. The van der Waals surface area contributed by atoms with E-state index in [-0.39, 0.29) is 23.7 Å². The van der Waals surface area contributed by atoms with Gasteiger partial charge in [0.25, 0.3) is 0 Å². The lowest BCUT2D eigenvalue weighted by molar-refractivity contribution is -0.136. The molecule has 22 heavy (non-hydrogen) atoms. The Balaban J connectivity index is 0.00000242. The van der Waals surface area contributed by atoms with Gasteiger partial charge < -0.3 is 15.4 Å². The smallest absolute Gasteiger partial charge is 0.228 e. The molecule has 0 unspecified atom stereocenters. The number of carbonyl (C=O) groups is 1. The van der Waals surface area contributed by atoms with Crippen LogP contribution in [0.1, 0.15) is 18.4 Å². The van der Waals surface area contributed by atoms with Crippen molar-refractivity contribution in [3.8, 4) is 0 Å². The van der Waals surface area contributed by atoms with Crippen molar-refractivity contribution in [2.24, 2.45) is 5.41 Å². The average Bonchev–Trinajstić information content (AvgIpc) is 2.54. The second-order valence-corrected chi connectivity index (χ2v) is 6.37. The molecule has 1 aromatic carbocycles. The predicted molar refractivity (Wildman–Crippen MR) is 93.7 cm³/mol. The normalized spacial score (nSPS) is 16.6. The van der Waals surface area contributed by atoms with Gasteiger partial charge in [0, 0.05) is 18.6 Å². The molecule has 1 aromatic rings. The summed E-state index contributed by atoms with van der Waals surface area (Å²) in [5.41, 5.74) is 0.752. The Labute approximate surface area is 143 Å². The van der Waals surface area contributed by atoms with Crippen molar-refractivity contribution < 1.29 is 9.53 Å². The van der Waals surface area contributed by atoms with E-state index in [2.05, 4.69) is 41.2 Å². The van der Waals surface area contributed by atoms with Crippen LogP contribution in [0.15, 0.2) is 29.2 Å². The molecule has 0 radical (unpaired) electrons. The molecule has 2 rings (SSSR count). The molecule has 1 saturated heterocycles. The lowest BCUT2D eigenvalue weighted by Crippen LogP contribution is -2.49. The number of hydrogen-bond acceptors (Lipinski definition) is 4. The Kier molecular flexibility index (Phi) is 8.25. The van der Waals surface area contributed by atoms with E-state index in [1.54, 1.807) is 18.9 Å². The maximum atomic E-state index is 12.6. The molecular weight excluding hydrogens is 320 g/mol. The molecule has 1 amide bonds. The molecule has 1 heterocycles. The summed E-state index contributed by atoms with van der Waals surface area (Å²) in [6.07, 6.45) is 3.72. The SMILES string of the molecule is COCC1(C(=O)NCc2ccc(SC)cc2)CCNCC1.Cl. The number of ether oxygens (including phenoxy) is 1. The van der Waals surface area contributed by atoms with E-state index in [0.29, 0.717) is 13.2 Å². The van der Waals surface area contributed by atoms with Crippen molar-refractivity contribution in [3.63, 3.8) is 0 Å². The first kappa shape index (κ1) is 19.3. The van der Waals surface area contributed by atoms with Crippen LogP contribution in [0.2, 0.25) is 0 Å². The van der Waals surface area contributed by atoms with Crippen LogP contribution in [0.3, 0.4) is 0 Å². The number of halogens is 1. The van der Waals surface area contributed by atoms with Gasteiger partial charge in [0.2, 0.25) is 5.91 Å². The van der Waals surface area contributed by atoms with Crippen molar-refractivity contribution >= 4 is 30.1 Å². The molecule has 0 atom stereocenters. The largest absolute Gasteiger partial charge is 0.384 e. The quantitative estimate of drug-likeness (QED) is 0.778. The molecule has 0 aromatic heterocycles. The third-order valence-corrected chi connectivity index (χ3v) is 4.82. The molecule has 0 spiro atoms. The molecule has 1 aliphatic heterocycles. The minimum absolute atomic E-state index is 0. The molecule has 1 fully saturated rings. The molecule has 2 N–H and O–H groups in total. The van der Waals surface area contributed by atoms with Crippen LogP contribution >= 0.6 is 24.2 Å². The lowest BCUT2D eigenvalue weighted by atomic mass is 9.78. The van der Waals surface area contributed by atoms with Crippen LogP contribution in [0.25, 0.3) is 0 Å². The first-order chi connectivity index (χ1) is 10.2. The number of hydrogen-bond donors (Lipinski definition) is 2. The molecule has 1 aliphatic rings. The third-order valence-electron chi connectivity index (χ3n) is 4.08. The summed E-state index contributed by atoms with van der Waals surface area (Å²) in [5.74, 6) is 0.111. The van der Waals surface area contributed by atoms with Crippen LogP contribution in [-0.4, -0.2) is 39.0 Å². The van der Waals surface area contributed by atoms with E-state index in [4.69, 9.17) is 4.74 Å². The average molecular weight is 345 g/mol. The zero-order valence-electron chi connectivity index (χ0n) is 13.2. The predicted octanol–water partition coefficient (Wildman–Crippen LogP) is 2.46. The summed E-state index contributed by atoms with van der Waals surface area (Å²) in [6, 6.07) is 8.30. The van der Waals surface area contributed by atoms with Gasteiger partial charge in [0.1, 0.15) is 0 Å². The Hall–Kier alpha value is -0.750. The molecule has 0 saturated carbocycles. The number of nitrogens with one attached hydrogen (secondary N) is 2. The summed E-state index contributed by atoms with van der Waals surface area (Å²) in [7, 11) is 1.66. The van der Waals surface area contributed by atoms with Gasteiger partial charge in [0.15, 0.2) is 0 Å². The number of carbonyl (C=O) groups excluding carboxylic acids is 1. The van der Waals surface area contributed by atoms with Gasteiger partial charge in [-0.15, -0.1) is 24.2 Å². The fourth-order valence-electron chi connectivity index (χ4n) is 2.73. The van der Waals surface area contributed by atoms with Gasteiger partial charge in [-0.05, 0) is 49.9 Å². The van der Waals surface area contributed by atoms with Crippen LogP contribution in [-0.2, 0) is 16.1 Å². The topological polar surface area (TPSA) is 50.4 Å². The third kappa shape index (κ3) is 4.88. The van der Waals surface area contributed by atoms with Gasteiger partial charge >= 0.3 is 0 Å². The highest BCUT2D eigenvalue weighted by Gasteiger charge is 2.39. The standard InChI is InChI=1S/C16H24N2O2S.ClH/c1-20-12-16(7-9-17-10-8-16)15(19)18-11-13-3-5-14(21-2)6-4-13;/h3-6,17H,7-12H2,1-2H3,(H,18,19);1H. The number of thioether (sulfide) groups is 1. The monoisotopic (exact) mass is 344 g/mol. The van der Waals surface area contributed by atoms with Gasteiger partial charge in [-0.1, -0.05) is 12.1 Å². The summed E-state index contributed by atoms with van der Waals surface area (Å²) >= 11 is 1.72. The second kappa shape index (κ2) is 9.40. The Morgan fingerprint density at radius 1 is 1.32 bits per heavy atom. The maximum Gasteiger partial charge on any atom is 0.228 e. The number of methoxy groups -OCH3 is 1. The Morgan fingerprint density at radius 3 is 2.50 bits per heavy atom. The van der Waals surface area contributed by atoms with E-state index >= 15 is 0 Å². The minimum Gasteiger partial charge on any atom is -0.384 e. The van der Waals surface area contributed by atoms with Gasteiger partial charge in [0.05, 0.1) is 12.0 Å². The van der Waals surface area contributed by atoms with E-state index in [1.807, 2.05) is 0 Å². The number of benzene rings is 1. The first-order valence-electron chi connectivity index (χ1n) is 7.31. The fraction of sp³-hybridized carbons (Fsp3) is 0.562. The van der Waals surface area contributed by atoms with Crippen LogP contribution in [0.5, 0.6) is 0 Å². The molecule has 4 nitrogen and oxygen atoms in total. The van der Waals surface area contributed by atoms with Crippen molar-refractivity contribution in [3.05, 3.63) is 29.8 Å². The van der Waals surface area contributed by atoms with E-state index < -0.39 is 0 Å². The highest BCUT2D eigenvalue weighted by molar-refractivity contribution is 7.98. The number of rotatable bonds is 6. The molecule has 0 bridgehead atoms. The van der Waals surface area contributed by atoms with Gasteiger partial charge in [-0.2, -0.15) is 0 Å². The molecule has 6 heteroatoms. The molecular formula is C16H25ClN2O2S. The van der Waals surface area contributed by atoms with Crippen LogP contribution < -0.4 is 10.6 Å². The summed E-state index contributed by atoms with van der Waals surface area (Å²) in [6.45, 7) is 2.82. The van der Waals surface area contributed by atoms with Crippen molar-refractivity contribution in [1.29, 1.82) is 0 Å². The minimum atomic E-state index is -0.376. The number of amides is 1. The van der Waals surface area contributed by atoms with Crippen molar-refractivity contribution in [2.75, 3.05) is 33.1 Å². The highest BCUT2D eigenvalue weighted by atomic mass is 35.5. The van der Waals surface area contributed by atoms with Crippen molar-refractivity contribution in [1.82, 2.24) is 10.6 Å². The van der Waals surface area contributed by atoms with Gasteiger partial charge in [-0.3, -0.25) is 4.79 Å². The van der Waals surface area contributed by atoms with E-state index in [0.717, 1.165) is 31.5 Å². The van der Waals surface area contributed by atoms with Crippen LogP contribution in [0.4, 0.5) is 0 Å². The maximum absolute atomic E-state index is 12.6. The highest BCUT2D eigenvalue weighted by Crippen LogP contribution is 2.29. The summed E-state index contributed by atoms with van der Waals surface area (Å²) in [5, 5.41) is 6.38. The summed E-state index contributed by atoms with van der Waals surface area (Å²) < 4.78 is 5.30. The van der Waals surface area contributed by atoms with Crippen molar-refractivity contribution in [2.45, 2.75) is 24.3 Å². The first-order valence-corrected chi connectivity index (χ1v) is 8.53. The summed E-state index contributed by atoms with van der Waals surface area (Å²) in [4.78, 5) is 13.8. The van der Waals surface area contributed by atoms with Gasteiger partial charge in [-0.25, -0.2) is 0 Å². The zero-order chi connectivity index (χ0) is 15.1. The van der Waals surface area contributed by atoms with Crippen LogP contribution in [0, 0.1) is 5.41 Å². The van der Waals surface area contributed by atoms with E-state index in [9.17, 15) is 4.79 Å². The molecule has 0 aliphatic carbocycles. The number of piperidine rings is 1. The van der Waals surface area contributed by atoms with E-state index in [1.165, 1.54) is 4.90 Å². The lowest BCUT2D eigenvalue weighted by Gasteiger charge is -2.35.